The zero-order chi connectivity index (χ0) is 16.3. The van der Waals surface area contributed by atoms with Crippen molar-refractivity contribution in [3.05, 3.63) is 50.5 Å². The topological polar surface area (TPSA) is 42.0 Å². The average molecular weight is 316 g/mol. The lowest BCUT2D eigenvalue weighted by atomic mass is 10.1. The molecule has 0 aliphatic heterocycles. The Hall–Kier alpha value is -1.68. The van der Waals surface area contributed by atoms with Gasteiger partial charge in [-0.3, -0.25) is 4.79 Å². The smallest absolute Gasteiger partial charge is 0.263 e. The number of nitrogens with one attached hydrogen (secondary N) is 1. The average Bonchev–Trinajstić information content (AvgIpc) is 2.77. The van der Waals surface area contributed by atoms with Crippen molar-refractivity contribution < 1.29 is 4.79 Å². The summed E-state index contributed by atoms with van der Waals surface area (Å²) in [4.78, 5) is 17.6. The minimum atomic E-state index is -0.0232. The first kappa shape index (κ1) is 16.7. The lowest BCUT2D eigenvalue weighted by Crippen LogP contribution is -2.23. The van der Waals surface area contributed by atoms with Gasteiger partial charge in [-0.1, -0.05) is 37.6 Å². The van der Waals surface area contributed by atoms with Crippen LogP contribution in [0.2, 0.25) is 0 Å². The van der Waals surface area contributed by atoms with Gasteiger partial charge in [0, 0.05) is 13.0 Å². The zero-order valence-corrected chi connectivity index (χ0v) is 14.8. The van der Waals surface area contributed by atoms with E-state index in [1.165, 1.54) is 22.5 Å². The number of rotatable bonds is 5. The van der Waals surface area contributed by atoms with Crippen LogP contribution < -0.4 is 5.32 Å². The molecule has 0 bridgehead atoms. The maximum atomic E-state index is 12.4. The molecule has 1 aromatic carbocycles. The van der Waals surface area contributed by atoms with Crippen molar-refractivity contribution in [3.8, 4) is 0 Å². The molecule has 4 heteroatoms. The van der Waals surface area contributed by atoms with Crippen LogP contribution in [-0.2, 0) is 13.0 Å². The number of carbonyl (C=O) groups is 1. The van der Waals surface area contributed by atoms with Crippen molar-refractivity contribution in [2.24, 2.45) is 5.92 Å². The Balaban J connectivity index is 2.04. The summed E-state index contributed by atoms with van der Waals surface area (Å²) in [5.41, 5.74) is 4.44. The summed E-state index contributed by atoms with van der Waals surface area (Å²) in [6.07, 6.45) is 0.926. The molecule has 0 aliphatic rings. The van der Waals surface area contributed by atoms with E-state index in [-0.39, 0.29) is 5.91 Å². The Labute approximate surface area is 136 Å². The largest absolute Gasteiger partial charge is 0.347 e. The number of carbonyl (C=O) groups excluding carboxylic acids is 1. The fraction of sp³-hybridized carbons (Fsp3) is 0.444. The number of nitrogens with zero attached hydrogens (tertiary/aromatic N) is 1. The molecule has 1 N–H and O–H groups in total. The van der Waals surface area contributed by atoms with Gasteiger partial charge < -0.3 is 5.32 Å². The summed E-state index contributed by atoms with van der Waals surface area (Å²) in [6.45, 7) is 10.9. The third kappa shape index (κ3) is 4.17. The normalized spacial score (nSPS) is 11.0. The van der Waals surface area contributed by atoms with Crippen LogP contribution in [-0.4, -0.2) is 10.9 Å². The summed E-state index contributed by atoms with van der Waals surface area (Å²) in [5.74, 6) is 0.529. The third-order valence-corrected chi connectivity index (χ3v) is 4.75. The van der Waals surface area contributed by atoms with Crippen molar-refractivity contribution in [2.75, 3.05) is 0 Å². The van der Waals surface area contributed by atoms with E-state index in [1.54, 1.807) is 0 Å². The van der Waals surface area contributed by atoms with Gasteiger partial charge in [-0.2, -0.15) is 0 Å². The maximum absolute atomic E-state index is 12.4. The summed E-state index contributed by atoms with van der Waals surface area (Å²) in [7, 11) is 0. The second kappa shape index (κ2) is 7.05. The Morgan fingerprint density at radius 1 is 1.27 bits per heavy atom. The monoisotopic (exact) mass is 316 g/mol. The van der Waals surface area contributed by atoms with Crippen LogP contribution in [0.5, 0.6) is 0 Å². The minimum absolute atomic E-state index is 0.0232. The van der Waals surface area contributed by atoms with Gasteiger partial charge in [0.15, 0.2) is 0 Å². The zero-order valence-electron chi connectivity index (χ0n) is 14.0. The molecule has 0 saturated carbocycles. The number of amides is 1. The van der Waals surface area contributed by atoms with Gasteiger partial charge in [-0.25, -0.2) is 4.98 Å². The first-order valence-corrected chi connectivity index (χ1v) is 8.49. The predicted molar refractivity (Wildman–Crippen MR) is 92.5 cm³/mol. The van der Waals surface area contributed by atoms with Crippen LogP contribution in [0.25, 0.3) is 0 Å². The Morgan fingerprint density at radius 2 is 2.00 bits per heavy atom. The summed E-state index contributed by atoms with van der Waals surface area (Å²) < 4.78 is 0. The fourth-order valence-electron chi connectivity index (χ4n) is 2.40. The number of thiazole rings is 1. The molecular formula is C18H24N2OS. The van der Waals surface area contributed by atoms with Gasteiger partial charge in [0.1, 0.15) is 4.88 Å². The Morgan fingerprint density at radius 3 is 2.64 bits per heavy atom. The quantitative estimate of drug-likeness (QED) is 0.898. The van der Waals surface area contributed by atoms with Gasteiger partial charge in [-0.05, 0) is 37.8 Å². The number of aryl methyl sites for hydroxylation is 3. The maximum Gasteiger partial charge on any atom is 0.263 e. The fourth-order valence-corrected chi connectivity index (χ4v) is 3.59. The van der Waals surface area contributed by atoms with Gasteiger partial charge >= 0.3 is 0 Å². The molecule has 1 heterocycles. The van der Waals surface area contributed by atoms with E-state index in [2.05, 4.69) is 56.2 Å². The van der Waals surface area contributed by atoms with Crippen LogP contribution in [0.4, 0.5) is 0 Å². The van der Waals surface area contributed by atoms with Crippen molar-refractivity contribution in [1.29, 1.82) is 0 Å². The van der Waals surface area contributed by atoms with Crippen molar-refractivity contribution in [2.45, 2.75) is 47.6 Å². The first-order valence-electron chi connectivity index (χ1n) is 7.67. The number of aromatic nitrogens is 1. The lowest BCUT2D eigenvalue weighted by molar-refractivity contribution is 0.0954. The second-order valence-corrected chi connectivity index (χ2v) is 7.32. The molecule has 0 fully saturated rings. The van der Waals surface area contributed by atoms with E-state index in [0.29, 0.717) is 12.5 Å². The second-order valence-electron chi connectivity index (χ2n) is 6.23. The highest BCUT2D eigenvalue weighted by atomic mass is 32.1. The highest BCUT2D eigenvalue weighted by molar-refractivity contribution is 7.13. The number of hydrogen-bond acceptors (Lipinski definition) is 3. The van der Waals surface area contributed by atoms with E-state index < -0.39 is 0 Å². The Bertz CT molecular complexity index is 674. The highest BCUT2D eigenvalue weighted by Gasteiger charge is 2.15. The van der Waals surface area contributed by atoms with Crippen molar-refractivity contribution >= 4 is 17.2 Å². The molecule has 22 heavy (non-hydrogen) atoms. The molecule has 1 amide bonds. The predicted octanol–water partition coefficient (Wildman–Crippen LogP) is 4.20. The summed E-state index contributed by atoms with van der Waals surface area (Å²) >= 11 is 1.51. The van der Waals surface area contributed by atoms with Gasteiger partial charge in [0.25, 0.3) is 5.91 Å². The number of benzene rings is 1. The van der Waals surface area contributed by atoms with Crippen LogP contribution in [0.1, 0.15) is 50.9 Å². The van der Waals surface area contributed by atoms with E-state index >= 15 is 0 Å². The van der Waals surface area contributed by atoms with Gasteiger partial charge in [-0.15, -0.1) is 11.3 Å². The van der Waals surface area contributed by atoms with Crippen molar-refractivity contribution in [3.63, 3.8) is 0 Å². The SMILES string of the molecule is Cc1ccc(CNC(=O)c2sc(CC(C)C)nc2C)c(C)c1. The molecule has 0 atom stereocenters. The van der Waals surface area contributed by atoms with E-state index in [4.69, 9.17) is 0 Å². The molecule has 0 spiro atoms. The molecule has 118 valence electrons. The van der Waals surface area contributed by atoms with E-state index in [0.717, 1.165) is 27.6 Å². The minimum Gasteiger partial charge on any atom is -0.347 e. The molecule has 2 rings (SSSR count). The number of hydrogen-bond donors (Lipinski definition) is 1. The van der Waals surface area contributed by atoms with E-state index in [9.17, 15) is 4.79 Å². The van der Waals surface area contributed by atoms with Crippen LogP contribution in [0.3, 0.4) is 0 Å². The molecule has 0 radical (unpaired) electrons. The van der Waals surface area contributed by atoms with Gasteiger partial charge in [0.2, 0.25) is 0 Å². The van der Waals surface area contributed by atoms with Crippen LogP contribution >= 0.6 is 11.3 Å². The summed E-state index contributed by atoms with van der Waals surface area (Å²) in [5, 5.41) is 4.06. The third-order valence-electron chi connectivity index (χ3n) is 3.57. The highest BCUT2D eigenvalue weighted by Crippen LogP contribution is 2.21. The van der Waals surface area contributed by atoms with E-state index in [1.807, 2.05) is 6.92 Å². The van der Waals surface area contributed by atoms with Crippen LogP contribution in [0.15, 0.2) is 18.2 Å². The standard InChI is InChI=1S/C18H24N2OS/c1-11(2)8-16-20-14(5)17(22-16)18(21)19-10-15-7-6-12(3)9-13(15)4/h6-7,9,11H,8,10H2,1-5H3,(H,19,21). The van der Waals surface area contributed by atoms with Gasteiger partial charge in [0.05, 0.1) is 10.7 Å². The molecule has 2 aromatic rings. The van der Waals surface area contributed by atoms with Crippen LogP contribution in [0, 0.1) is 26.7 Å². The molecule has 0 saturated heterocycles. The first-order chi connectivity index (χ1) is 10.4. The molecule has 3 nitrogen and oxygen atoms in total. The van der Waals surface area contributed by atoms with Crippen molar-refractivity contribution in [1.82, 2.24) is 10.3 Å². The Kier molecular flexibility index (Phi) is 5.35. The molecule has 1 aromatic heterocycles. The summed E-state index contributed by atoms with van der Waals surface area (Å²) in [6, 6.07) is 6.29. The molecule has 0 unspecified atom stereocenters. The lowest BCUT2D eigenvalue weighted by Gasteiger charge is -2.08. The molecule has 0 aliphatic carbocycles. The molecular weight excluding hydrogens is 292 g/mol.